The van der Waals surface area contributed by atoms with E-state index in [1.165, 1.54) is 0 Å². The maximum Gasteiger partial charge on any atom is 0.126 e. The summed E-state index contributed by atoms with van der Waals surface area (Å²) in [4.78, 5) is 4.21. The Morgan fingerprint density at radius 3 is 2.73 bits per heavy atom. The molecule has 1 rings (SSSR count). The van der Waals surface area contributed by atoms with Crippen molar-refractivity contribution < 1.29 is 4.74 Å². The predicted molar refractivity (Wildman–Crippen MR) is 63.0 cm³/mol. The zero-order valence-corrected chi connectivity index (χ0v) is 9.79. The molecule has 1 aromatic rings. The summed E-state index contributed by atoms with van der Waals surface area (Å²) in [5.41, 5.74) is 7.30. The van der Waals surface area contributed by atoms with Crippen LogP contribution in [0.4, 0.5) is 11.5 Å². The van der Waals surface area contributed by atoms with Gasteiger partial charge in [-0.2, -0.15) is 0 Å². The van der Waals surface area contributed by atoms with Crippen LogP contribution in [-0.2, 0) is 4.74 Å². The van der Waals surface area contributed by atoms with Gasteiger partial charge >= 0.3 is 0 Å². The number of ether oxygens (including phenoxy) is 1. The monoisotopic (exact) mass is 209 g/mol. The lowest BCUT2D eigenvalue weighted by Crippen LogP contribution is -2.36. The molecule has 0 amide bonds. The van der Waals surface area contributed by atoms with Crippen LogP contribution in [0.2, 0.25) is 0 Å². The minimum absolute atomic E-state index is 0.135. The van der Waals surface area contributed by atoms with Crippen LogP contribution in [0.15, 0.2) is 12.3 Å². The van der Waals surface area contributed by atoms with Gasteiger partial charge in [-0.3, -0.25) is 0 Å². The Bertz CT molecular complexity index is 337. The van der Waals surface area contributed by atoms with E-state index >= 15 is 0 Å². The average molecular weight is 209 g/mol. The van der Waals surface area contributed by atoms with Gasteiger partial charge in [-0.05, 0) is 32.4 Å². The van der Waals surface area contributed by atoms with Crippen LogP contribution in [0, 0.1) is 6.92 Å². The number of hydrogen-bond donors (Lipinski definition) is 2. The van der Waals surface area contributed by atoms with Gasteiger partial charge < -0.3 is 15.8 Å². The van der Waals surface area contributed by atoms with Crippen molar-refractivity contribution in [1.82, 2.24) is 4.98 Å². The highest BCUT2D eigenvalue weighted by Crippen LogP contribution is 2.17. The van der Waals surface area contributed by atoms with E-state index in [0.717, 1.165) is 11.4 Å². The molecule has 0 unspecified atom stereocenters. The molecule has 1 aromatic heterocycles. The minimum atomic E-state index is -0.135. The fraction of sp³-hybridized carbons (Fsp3) is 0.545. The normalized spacial score (nSPS) is 11.5. The second-order valence-corrected chi connectivity index (χ2v) is 4.37. The molecule has 0 aromatic carbocycles. The average Bonchev–Trinajstić information content (AvgIpc) is 2.10. The van der Waals surface area contributed by atoms with E-state index in [4.69, 9.17) is 10.5 Å². The Balaban J connectivity index is 2.76. The van der Waals surface area contributed by atoms with Crippen molar-refractivity contribution in [3.63, 3.8) is 0 Å². The van der Waals surface area contributed by atoms with Crippen LogP contribution in [0.25, 0.3) is 0 Å². The Labute approximate surface area is 90.8 Å². The summed E-state index contributed by atoms with van der Waals surface area (Å²) in [5, 5.41) is 3.30. The topological polar surface area (TPSA) is 60.2 Å². The van der Waals surface area contributed by atoms with E-state index in [2.05, 4.69) is 24.1 Å². The van der Waals surface area contributed by atoms with Crippen molar-refractivity contribution in [1.29, 1.82) is 0 Å². The van der Waals surface area contributed by atoms with Crippen molar-refractivity contribution in [3.05, 3.63) is 17.8 Å². The molecule has 0 saturated heterocycles. The van der Waals surface area contributed by atoms with E-state index in [1.807, 2.05) is 13.0 Å². The molecule has 4 heteroatoms. The van der Waals surface area contributed by atoms with Crippen molar-refractivity contribution >= 4 is 11.5 Å². The summed E-state index contributed by atoms with van der Waals surface area (Å²) in [5.74, 6) is 0.823. The highest BCUT2D eigenvalue weighted by Gasteiger charge is 2.17. The molecule has 0 fully saturated rings. The maximum atomic E-state index is 5.70. The molecular weight excluding hydrogens is 190 g/mol. The number of nitrogens with two attached hydrogens (primary N) is 1. The Kier molecular flexibility index (Phi) is 3.52. The zero-order chi connectivity index (χ0) is 11.5. The van der Waals surface area contributed by atoms with Gasteiger partial charge in [-0.25, -0.2) is 4.98 Å². The molecule has 0 aliphatic heterocycles. The summed E-state index contributed by atoms with van der Waals surface area (Å²) in [7, 11) is 1.69. The van der Waals surface area contributed by atoms with Crippen LogP contribution < -0.4 is 11.1 Å². The molecule has 15 heavy (non-hydrogen) atoms. The third kappa shape index (κ3) is 3.40. The van der Waals surface area contributed by atoms with E-state index in [0.29, 0.717) is 12.3 Å². The fourth-order valence-electron chi connectivity index (χ4n) is 1.38. The molecule has 0 radical (unpaired) electrons. The lowest BCUT2D eigenvalue weighted by Gasteiger charge is -2.26. The van der Waals surface area contributed by atoms with Crippen molar-refractivity contribution in [2.75, 3.05) is 24.8 Å². The Hall–Kier alpha value is -1.29. The number of nitrogens with zero attached hydrogens (tertiary/aromatic N) is 1. The summed E-state index contributed by atoms with van der Waals surface area (Å²) < 4.78 is 5.12. The largest absolute Gasteiger partial charge is 0.397 e. The number of pyridine rings is 1. The van der Waals surface area contributed by atoms with Gasteiger partial charge in [0, 0.05) is 7.11 Å². The lowest BCUT2D eigenvalue weighted by molar-refractivity contribution is 0.158. The number of nitrogens with one attached hydrogen (secondary N) is 1. The van der Waals surface area contributed by atoms with Crippen molar-refractivity contribution in [2.24, 2.45) is 0 Å². The smallest absolute Gasteiger partial charge is 0.126 e. The maximum absolute atomic E-state index is 5.70. The van der Waals surface area contributed by atoms with Crippen molar-refractivity contribution in [3.8, 4) is 0 Å². The highest BCUT2D eigenvalue weighted by molar-refractivity contribution is 5.51. The Morgan fingerprint density at radius 2 is 2.20 bits per heavy atom. The summed E-state index contributed by atoms with van der Waals surface area (Å²) >= 11 is 0. The first-order valence-corrected chi connectivity index (χ1v) is 4.94. The standard InChI is InChI=1S/C11H19N3O/c1-8-5-10(13-6-9(8)12)14-11(2,3)7-15-4/h5-6H,7,12H2,1-4H3,(H,13,14). The summed E-state index contributed by atoms with van der Waals surface area (Å²) in [6, 6.07) is 1.94. The first kappa shape index (κ1) is 11.8. The third-order valence-corrected chi connectivity index (χ3v) is 2.12. The van der Waals surface area contributed by atoms with Gasteiger partial charge in [0.2, 0.25) is 0 Å². The lowest BCUT2D eigenvalue weighted by atomic mass is 10.1. The first-order chi connectivity index (χ1) is 6.94. The summed E-state index contributed by atoms with van der Waals surface area (Å²) in [6.07, 6.45) is 1.67. The molecule has 3 N–H and O–H groups in total. The van der Waals surface area contributed by atoms with Gasteiger partial charge in [-0.15, -0.1) is 0 Å². The third-order valence-electron chi connectivity index (χ3n) is 2.12. The van der Waals surface area contributed by atoms with Crippen LogP contribution in [0.1, 0.15) is 19.4 Å². The van der Waals surface area contributed by atoms with Crippen LogP contribution in [0.3, 0.4) is 0 Å². The SMILES string of the molecule is COCC(C)(C)Nc1cc(C)c(N)cn1. The molecule has 0 spiro atoms. The number of hydrogen-bond acceptors (Lipinski definition) is 4. The summed E-state index contributed by atoms with van der Waals surface area (Å²) in [6.45, 7) is 6.71. The van der Waals surface area contributed by atoms with E-state index in [9.17, 15) is 0 Å². The van der Waals surface area contributed by atoms with Gasteiger partial charge in [-0.1, -0.05) is 0 Å². The second-order valence-electron chi connectivity index (χ2n) is 4.37. The number of methoxy groups -OCH3 is 1. The van der Waals surface area contributed by atoms with Crippen molar-refractivity contribution in [2.45, 2.75) is 26.3 Å². The van der Waals surface area contributed by atoms with E-state index < -0.39 is 0 Å². The molecule has 0 bridgehead atoms. The van der Waals surface area contributed by atoms with Gasteiger partial charge in [0.25, 0.3) is 0 Å². The minimum Gasteiger partial charge on any atom is -0.397 e. The first-order valence-electron chi connectivity index (χ1n) is 4.94. The molecule has 0 saturated carbocycles. The quantitative estimate of drug-likeness (QED) is 0.794. The second kappa shape index (κ2) is 4.49. The molecule has 84 valence electrons. The molecule has 4 nitrogen and oxygen atoms in total. The molecule has 1 heterocycles. The molecule has 0 aliphatic carbocycles. The van der Waals surface area contributed by atoms with Crippen LogP contribution in [-0.4, -0.2) is 24.2 Å². The number of rotatable bonds is 4. The van der Waals surface area contributed by atoms with Gasteiger partial charge in [0.05, 0.1) is 24.0 Å². The molecule has 0 aliphatic rings. The number of nitrogen functional groups attached to an aromatic ring is 1. The Morgan fingerprint density at radius 1 is 1.53 bits per heavy atom. The molecular formula is C11H19N3O. The van der Waals surface area contributed by atoms with E-state index in [1.54, 1.807) is 13.3 Å². The van der Waals surface area contributed by atoms with Crippen LogP contribution >= 0.6 is 0 Å². The van der Waals surface area contributed by atoms with Crippen LogP contribution in [0.5, 0.6) is 0 Å². The van der Waals surface area contributed by atoms with E-state index in [-0.39, 0.29) is 5.54 Å². The number of aromatic nitrogens is 1. The van der Waals surface area contributed by atoms with Gasteiger partial charge in [0.15, 0.2) is 0 Å². The fourth-order valence-corrected chi connectivity index (χ4v) is 1.38. The van der Waals surface area contributed by atoms with Gasteiger partial charge in [0.1, 0.15) is 5.82 Å². The highest BCUT2D eigenvalue weighted by atomic mass is 16.5. The number of aryl methyl sites for hydroxylation is 1. The number of anilines is 2. The molecule has 0 atom stereocenters. The predicted octanol–water partition coefficient (Wildman–Crippen LogP) is 1.81. The zero-order valence-electron chi connectivity index (χ0n) is 9.79.